The van der Waals surface area contributed by atoms with E-state index in [9.17, 15) is 0 Å². The van der Waals surface area contributed by atoms with E-state index in [0.717, 1.165) is 10.9 Å². The molecule has 0 unspecified atom stereocenters. The van der Waals surface area contributed by atoms with Gasteiger partial charge in [0.25, 0.3) is 0 Å². The van der Waals surface area contributed by atoms with Gasteiger partial charge in [-0.25, -0.2) is 4.98 Å². The molecular weight excluding hydrogens is 268 g/mol. The summed E-state index contributed by atoms with van der Waals surface area (Å²) in [4.78, 5) is 12.6. The average molecular weight is 282 g/mol. The quantitative estimate of drug-likeness (QED) is 0.791. The second-order valence-electron chi connectivity index (χ2n) is 4.45. The Bertz CT molecular complexity index is 776. The van der Waals surface area contributed by atoms with Crippen LogP contribution in [0.4, 0.5) is 5.82 Å². The van der Waals surface area contributed by atoms with E-state index >= 15 is 0 Å². The van der Waals surface area contributed by atoms with E-state index in [2.05, 4.69) is 15.0 Å². The molecule has 3 aromatic rings. The van der Waals surface area contributed by atoms with Gasteiger partial charge >= 0.3 is 0 Å². The van der Waals surface area contributed by atoms with E-state index in [-0.39, 0.29) is 6.61 Å². The number of hydrogen-bond acceptors (Lipinski definition) is 6. The SMILES string of the molecule is COCc1nc(N)cc(Oc2cnc3ccccc3c2)n1. The predicted octanol–water partition coefficient (Wildman–Crippen LogP) is 2.55. The van der Waals surface area contributed by atoms with Gasteiger partial charge in [0, 0.05) is 18.6 Å². The Morgan fingerprint density at radius 1 is 1.14 bits per heavy atom. The fourth-order valence-corrected chi connectivity index (χ4v) is 1.97. The number of nitrogens with zero attached hydrogens (tertiary/aromatic N) is 3. The Hall–Kier alpha value is -2.73. The maximum Gasteiger partial charge on any atom is 0.224 e. The molecule has 0 radical (unpaired) electrons. The van der Waals surface area contributed by atoms with Crippen LogP contribution in [0, 0.1) is 0 Å². The highest BCUT2D eigenvalue weighted by atomic mass is 16.5. The fraction of sp³-hybridized carbons (Fsp3) is 0.133. The molecule has 106 valence electrons. The maximum absolute atomic E-state index is 5.73. The number of para-hydroxylation sites is 1. The van der Waals surface area contributed by atoms with Crippen LogP contribution in [0.2, 0.25) is 0 Å². The Balaban J connectivity index is 1.90. The number of nitrogen functional groups attached to an aromatic ring is 1. The van der Waals surface area contributed by atoms with Crippen LogP contribution in [0.15, 0.2) is 42.6 Å². The first-order valence-corrected chi connectivity index (χ1v) is 6.39. The number of aromatic nitrogens is 3. The topological polar surface area (TPSA) is 83.2 Å². The summed E-state index contributed by atoms with van der Waals surface area (Å²) in [7, 11) is 1.57. The molecular formula is C15H14N4O2. The second-order valence-corrected chi connectivity index (χ2v) is 4.45. The van der Waals surface area contributed by atoms with E-state index in [4.69, 9.17) is 15.2 Å². The smallest absolute Gasteiger partial charge is 0.224 e. The van der Waals surface area contributed by atoms with Crippen LogP contribution in [-0.4, -0.2) is 22.1 Å². The molecule has 1 aromatic carbocycles. The van der Waals surface area contributed by atoms with Crippen LogP contribution in [0.5, 0.6) is 11.6 Å². The zero-order chi connectivity index (χ0) is 14.7. The Kier molecular flexibility index (Phi) is 3.61. The Morgan fingerprint density at radius 2 is 2.00 bits per heavy atom. The number of hydrogen-bond donors (Lipinski definition) is 1. The molecule has 6 heteroatoms. The summed E-state index contributed by atoms with van der Waals surface area (Å²) in [5.74, 6) is 1.77. The first-order chi connectivity index (χ1) is 10.2. The molecule has 0 aliphatic rings. The first kappa shape index (κ1) is 13.3. The summed E-state index contributed by atoms with van der Waals surface area (Å²) < 4.78 is 10.7. The average Bonchev–Trinajstić information content (AvgIpc) is 2.47. The number of benzene rings is 1. The van der Waals surface area contributed by atoms with Gasteiger partial charge in [0.15, 0.2) is 5.82 Å². The van der Waals surface area contributed by atoms with Crippen LogP contribution >= 0.6 is 0 Å². The van der Waals surface area contributed by atoms with Crippen LogP contribution in [0.25, 0.3) is 10.9 Å². The molecule has 0 amide bonds. The van der Waals surface area contributed by atoms with Crippen molar-refractivity contribution in [2.45, 2.75) is 6.61 Å². The molecule has 6 nitrogen and oxygen atoms in total. The van der Waals surface area contributed by atoms with Crippen LogP contribution < -0.4 is 10.5 Å². The van der Waals surface area contributed by atoms with Crippen molar-refractivity contribution in [2.24, 2.45) is 0 Å². The third-order valence-electron chi connectivity index (χ3n) is 2.83. The second kappa shape index (κ2) is 5.72. The first-order valence-electron chi connectivity index (χ1n) is 6.39. The van der Waals surface area contributed by atoms with Crippen molar-refractivity contribution >= 4 is 16.7 Å². The fourth-order valence-electron chi connectivity index (χ4n) is 1.97. The highest BCUT2D eigenvalue weighted by Gasteiger charge is 2.06. The summed E-state index contributed by atoms with van der Waals surface area (Å²) in [5, 5.41) is 0.995. The standard InChI is InChI=1S/C15H14N4O2/c1-20-9-14-18-13(16)7-15(19-14)21-11-6-10-4-2-3-5-12(10)17-8-11/h2-8H,9H2,1H3,(H2,16,18,19). The van der Waals surface area contributed by atoms with E-state index < -0.39 is 0 Å². The molecule has 0 aliphatic heterocycles. The van der Waals surface area contributed by atoms with Crippen molar-refractivity contribution in [1.29, 1.82) is 0 Å². The van der Waals surface area contributed by atoms with Gasteiger partial charge in [-0.05, 0) is 12.1 Å². The van der Waals surface area contributed by atoms with Crippen molar-refractivity contribution in [3.05, 3.63) is 48.4 Å². The lowest BCUT2D eigenvalue weighted by Crippen LogP contribution is -2.02. The summed E-state index contributed by atoms with van der Waals surface area (Å²) in [5.41, 5.74) is 6.64. The minimum atomic E-state index is 0.275. The highest BCUT2D eigenvalue weighted by Crippen LogP contribution is 2.23. The summed E-state index contributed by atoms with van der Waals surface area (Å²) in [6.07, 6.45) is 1.65. The van der Waals surface area contributed by atoms with Crippen molar-refractivity contribution in [3.63, 3.8) is 0 Å². The van der Waals surface area contributed by atoms with E-state index in [1.165, 1.54) is 0 Å². The summed E-state index contributed by atoms with van der Waals surface area (Å²) in [6.45, 7) is 0.275. The Labute approximate surface area is 121 Å². The van der Waals surface area contributed by atoms with Crippen molar-refractivity contribution in [1.82, 2.24) is 15.0 Å². The monoisotopic (exact) mass is 282 g/mol. The molecule has 0 bridgehead atoms. The Morgan fingerprint density at radius 3 is 2.86 bits per heavy atom. The van der Waals surface area contributed by atoms with E-state index in [0.29, 0.717) is 23.3 Å². The van der Waals surface area contributed by atoms with Crippen LogP contribution in [0.1, 0.15) is 5.82 Å². The van der Waals surface area contributed by atoms with Crippen LogP contribution in [-0.2, 0) is 11.3 Å². The van der Waals surface area contributed by atoms with Gasteiger partial charge in [-0.3, -0.25) is 4.98 Å². The molecule has 0 aliphatic carbocycles. The number of ether oxygens (including phenoxy) is 2. The van der Waals surface area contributed by atoms with Gasteiger partial charge in [0.05, 0.1) is 11.7 Å². The maximum atomic E-state index is 5.73. The number of rotatable bonds is 4. The molecule has 2 aromatic heterocycles. The summed E-state index contributed by atoms with van der Waals surface area (Å²) >= 11 is 0. The molecule has 0 saturated heterocycles. The molecule has 2 heterocycles. The number of nitrogens with two attached hydrogens (primary N) is 1. The van der Waals surface area contributed by atoms with Crippen molar-refractivity contribution < 1.29 is 9.47 Å². The number of methoxy groups -OCH3 is 1. The van der Waals surface area contributed by atoms with Gasteiger partial charge in [-0.2, -0.15) is 4.98 Å². The molecule has 0 atom stereocenters. The molecule has 0 fully saturated rings. The molecule has 3 rings (SSSR count). The lowest BCUT2D eigenvalue weighted by molar-refractivity contribution is 0.177. The molecule has 21 heavy (non-hydrogen) atoms. The van der Waals surface area contributed by atoms with Crippen molar-refractivity contribution in [2.75, 3.05) is 12.8 Å². The molecule has 0 saturated carbocycles. The van der Waals surface area contributed by atoms with Gasteiger partial charge in [-0.1, -0.05) is 18.2 Å². The number of anilines is 1. The van der Waals surface area contributed by atoms with Gasteiger partial charge in [-0.15, -0.1) is 0 Å². The van der Waals surface area contributed by atoms with Crippen molar-refractivity contribution in [3.8, 4) is 11.6 Å². The van der Waals surface area contributed by atoms with E-state index in [1.807, 2.05) is 30.3 Å². The highest BCUT2D eigenvalue weighted by molar-refractivity contribution is 5.79. The minimum Gasteiger partial charge on any atom is -0.437 e. The zero-order valence-electron chi connectivity index (χ0n) is 11.5. The third-order valence-corrected chi connectivity index (χ3v) is 2.83. The lowest BCUT2D eigenvalue weighted by Gasteiger charge is -2.07. The molecule has 2 N–H and O–H groups in total. The van der Waals surface area contributed by atoms with Crippen LogP contribution in [0.3, 0.4) is 0 Å². The minimum absolute atomic E-state index is 0.275. The zero-order valence-corrected chi connectivity index (χ0v) is 11.5. The normalized spacial score (nSPS) is 10.7. The number of pyridine rings is 1. The van der Waals surface area contributed by atoms with Gasteiger partial charge in [0.2, 0.25) is 5.88 Å². The third kappa shape index (κ3) is 3.06. The van der Waals surface area contributed by atoms with Gasteiger partial charge in [0.1, 0.15) is 18.2 Å². The summed E-state index contributed by atoms with van der Waals surface area (Å²) in [6, 6.07) is 11.3. The number of fused-ring (bicyclic) bond motifs is 1. The molecule has 0 spiro atoms. The largest absolute Gasteiger partial charge is 0.437 e. The predicted molar refractivity (Wildman–Crippen MR) is 79.0 cm³/mol. The van der Waals surface area contributed by atoms with E-state index in [1.54, 1.807) is 19.4 Å². The lowest BCUT2D eigenvalue weighted by atomic mass is 10.2. The van der Waals surface area contributed by atoms with Gasteiger partial charge < -0.3 is 15.2 Å².